The zero-order chi connectivity index (χ0) is 12.9. The maximum absolute atomic E-state index is 10.4. The van der Waals surface area contributed by atoms with E-state index < -0.39 is 10.4 Å². The van der Waals surface area contributed by atoms with Gasteiger partial charge >= 0.3 is 10.4 Å². The van der Waals surface area contributed by atoms with E-state index in [0.29, 0.717) is 12.2 Å². The highest BCUT2D eigenvalue weighted by Crippen LogP contribution is 2.19. The van der Waals surface area contributed by atoms with Crippen LogP contribution in [0, 0.1) is 6.92 Å². The first-order chi connectivity index (χ1) is 7.92. The number of hydrogen-bond donors (Lipinski definition) is 4. The molecule has 0 saturated heterocycles. The number of aliphatic hydroxyl groups excluding tert-OH is 1. The van der Waals surface area contributed by atoms with Gasteiger partial charge in [0.05, 0.1) is 12.3 Å². The van der Waals surface area contributed by atoms with Crippen LogP contribution in [0.1, 0.15) is 5.56 Å². The summed E-state index contributed by atoms with van der Waals surface area (Å²) in [5, 5.41) is 11.6. The summed E-state index contributed by atoms with van der Waals surface area (Å²) in [6, 6.07) is 5.00. The highest BCUT2D eigenvalue weighted by atomic mass is 32.3. The molecule has 7 nitrogen and oxygen atoms in total. The standard InChI is InChI=1S/C9H14N2O5S/c1-7-6-8(10-4-5-12)2-3-9(7)11-16-17(13,14)15/h2-3,6,10-12H,4-5H2,1H3,(H,13,14,15). The molecule has 0 bridgehead atoms. The zero-order valence-corrected chi connectivity index (χ0v) is 9.99. The number of benzene rings is 1. The summed E-state index contributed by atoms with van der Waals surface area (Å²) in [5.41, 5.74) is 4.04. The minimum atomic E-state index is -4.52. The summed E-state index contributed by atoms with van der Waals surface area (Å²) in [6.45, 7) is 2.18. The minimum absolute atomic E-state index is 0.0188. The number of rotatable bonds is 6. The van der Waals surface area contributed by atoms with Gasteiger partial charge in [-0.2, -0.15) is 8.42 Å². The molecule has 1 aromatic carbocycles. The molecule has 0 spiro atoms. The largest absolute Gasteiger partial charge is 0.418 e. The predicted molar refractivity (Wildman–Crippen MR) is 63.0 cm³/mol. The fraction of sp³-hybridized carbons (Fsp3) is 0.333. The van der Waals surface area contributed by atoms with Gasteiger partial charge in [-0.25, -0.2) is 5.48 Å². The highest BCUT2D eigenvalue weighted by Gasteiger charge is 2.06. The van der Waals surface area contributed by atoms with Gasteiger partial charge in [-0.05, 0) is 30.7 Å². The Morgan fingerprint density at radius 1 is 1.41 bits per heavy atom. The Kier molecular flexibility index (Phi) is 4.70. The van der Waals surface area contributed by atoms with Gasteiger partial charge in [0.15, 0.2) is 0 Å². The molecule has 0 aliphatic carbocycles. The van der Waals surface area contributed by atoms with E-state index in [9.17, 15) is 8.42 Å². The molecule has 17 heavy (non-hydrogen) atoms. The predicted octanol–water partition coefficient (Wildman–Crippen LogP) is 0.546. The van der Waals surface area contributed by atoms with E-state index in [1.807, 2.05) is 0 Å². The van der Waals surface area contributed by atoms with Crippen molar-refractivity contribution in [3.63, 3.8) is 0 Å². The van der Waals surface area contributed by atoms with Crippen LogP contribution in [-0.4, -0.2) is 31.2 Å². The van der Waals surface area contributed by atoms with E-state index in [1.165, 1.54) is 0 Å². The molecule has 0 radical (unpaired) electrons. The molecule has 0 amide bonds. The van der Waals surface area contributed by atoms with E-state index >= 15 is 0 Å². The second-order valence-electron chi connectivity index (χ2n) is 3.29. The number of aryl methyl sites for hydroxylation is 1. The highest BCUT2D eigenvalue weighted by molar-refractivity contribution is 7.80. The summed E-state index contributed by atoms with van der Waals surface area (Å²) in [6.07, 6.45) is 0. The normalized spacial score (nSPS) is 11.2. The van der Waals surface area contributed by atoms with Crippen LogP contribution in [-0.2, 0) is 14.7 Å². The Hall–Kier alpha value is -1.35. The average molecular weight is 262 g/mol. The molecule has 0 saturated carbocycles. The lowest BCUT2D eigenvalue weighted by atomic mass is 10.2. The molecule has 1 rings (SSSR count). The summed E-state index contributed by atoms with van der Waals surface area (Å²) in [7, 11) is -4.52. The molecule has 0 atom stereocenters. The first-order valence-corrected chi connectivity index (χ1v) is 6.16. The van der Waals surface area contributed by atoms with Crippen molar-refractivity contribution in [3.8, 4) is 0 Å². The van der Waals surface area contributed by atoms with Crippen molar-refractivity contribution in [2.24, 2.45) is 0 Å². The third kappa shape index (κ3) is 5.00. The molecule has 1 aromatic rings. The Morgan fingerprint density at radius 3 is 2.65 bits per heavy atom. The van der Waals surface area contributed by atoms with Crippen LogP contribution in [0.25, 0.3) is 0 Å². The molecule has 4 N–H and O–H groups in total. The van der Waals surface area contributed by atoms with Gasteiger partial charge in [0.1, 0.15) is 0 Å². The van der Waals surface area contributed by atoms with Crippen LogP contribution in [0.5, 0.6) is 0 Å². The Balaban J connectivity index is 2.69. The van der Waals surface area contributed by atoms with Crippen LogP contribution in [0.4, 0.5) is 11.4 Å². The third-order valence-corrected chi connectivity index (χ3v) is 2.22. The van der Waals surface area contributed by atoms with Gasteiger partial charge in [-0.3, -0.25) is 4.55 Å². The molecule has 0 aromatic heterocycles. The second-order valence-corrected chi connectivity index (χ2v) is 4.32. The lowest BCUT2D eigenvalue weighted by Crippen LogP contribution is -2.11. The summed E-state index contributed by atoms with van der Waals surface area (Å²) in [5.74, 6) is 0. The fourth-order valence-corrected chi connectivity index (χ4v) is 1.38. The van der Waals surface area contributed by atoms with Gasteiger partial charge < -0.3 is 10.4 Å². The molecular formula is C9H14N2O5S. The van der Waals surface area contributed by atoms with E-state index in [0.717, 1.165) is 11.3 Å². The SMILES string of the molecule is Cc1cc(NCCO)ccc1NOS(=O)(=O)O. The van der Waals surface area contributed by atoms with Crippen molar-refractivity contribution in [2.45, 2.75) is 6.92 Å². The topological polar surface area (TPSA) is 108 Å². The fourth-order valence-electron chi connectivity index (χ4n) is 1.19. The number of anilines is 2. The Bertz CT molecular complexity index is 474. The number of hydrogen-bond acceptors (Lipinski definition) is 6. The van der Waals surface area contributed by atoms with Crippen molar-refractivity contribution < 1.29 is 22.4 Å². The average Bonchev–Trinajstić information content (AvgIpc) is 2.23. The van der Waals surface area contributed by atoms with Crippen LogP contribution < -0.4 is 10.8 Å². The van der Waals surface area contributed by atoms with Crippen LogP contribution >= 0.6 is 0 Å². The van der Waals surface area contributed by atoms with Crippen molar-refractivity contribution in [1.82, 2.24) is 0 Å². The number of nitrogens with one attached hydrogen (secondary N) is 2. The maximum atomic E-state index is 10.4. The molecule has 0 heterocycles. The quantitative estimate of drug-likeness (QED) is 0.438. The molecule has 0 aliphatic rings. The van der Waals surface area contributed by atoms with Gasteiger partial charge in [0.2, 0.25) is 0 Å². The smallest absolute Gasteiger partial charge is 0.395 e. The van der Waals surface area contributed by atoms with Crippen molar-refractivity contribution in [2.75, 3.05) is 23.9 Å². The monoisotopic (exact) mass is 262 g/mol. The van der Waals surface area contributed by atoms with E-state index in [1.54, 1.807) is 25.1 Å². The van der Waals surface area contributed by atoms with Crippen LogP contribution in [0.3, 0.4) is 0 Å². The first kappa shape index (κ1) is 13.7. The summed E-state index contributed by atoms with van der Waals surface area (Å²) in [4.78, 5) is 0. The lowest BCUT2D eigenvalue weighted by molar-refractivity contribution is 0.311. The van der Waals surface area contributed by atoms with Gasteiger partial charge in [0, 0.05) is 12.2 Å². The van der Waals surface area contributed by atoms with Gasteiger partial charge in [0.25, 0.3) is 0 Å². The van der Waals surface area contributed by atoms with Crippen molar-refractivity contribution in [1.29, 1.82) is 0 Å². The molecule has 0 unspecified atom stereocenters. The molecule has 96 valence electrons. The Morgan fingerprint density at radius 2 is 2.12 bits per heavy atom. The molecule has 8 heteroatoms. The van der Waals surface area contributed by atoms with Crippen molar-refractivity contribution >= 4 is 21.8 Å². The maximum Gasteiger partial charge on any atom is 0.418 e. The van der Waals surface area contributed by atoms with E-state index in [-0.39, 0.29) is 6.61 Å². The lowest BCUT2D eigenvalue weighted by Gasteiger charge is -2.10. The number of aliphatic hydroxyl groups is 1. The van der Waals surface area contributed by atoms with Crippen LogP contribution in [0.2, 0.25) is 0 Å². The minimum Gasteiger partial charge on any atom is -0.395 e. The molecular weight excluding hydrogens is 248 g/mol. The third-order valence-electron chi connectivity index (χ3n) is 1.92. The first-order valence-electron chi connectivity index (χ1n) is 4.79. The molecule has 0 fully saturated rings. The van der Waals surface area contributed by atoms with Crippen LogP contribution in [0.15, 0.2) is 18.2 Å². The van der Waals surface area contributed by atoms with Crippen molar-refractivity contribution in [3.05, 3.63) is 23.8 Å². The zero-order valence-electron chi connectivity index (χ0n) is 9.17. The van der Waals surface area contributed by atoms with Gasteiger partial charge in [-0.1, -0.05) is 0 Å². The summed E-state index contributed by atoms with van der Waals surface area (Å²) < 4.78 is 33.1. The molecule has 0 aliphatic heterocycles. The van der Waals surface area contributed by atoms with E-state index in [4.69, 9.17) is 9.66 Å². The van der Waals surface area contributed by atoms with Gasteiger partial charge in [-0.15, -0.1) is 4.28 Å². The van der Waals surface area contributed by atoms with E-state index in [2.05, 4.69) is 15.1 Å². The summed E-state index contributed by atoms with van der Waals surface area (Å²) >= 11 is 0. The second kappa shape index (κ2) is 5.82. The Labute approximate surface area is 99.3 Å².